The van der Waals surface area contributed by atoms with Crippen LogP contribution in [0.15, 0.2) is 79.0 Å². The van der Waals surface area contributed by atoms with Crippen LogP contribution in [0, 0.1) is 0 Å². The summed E-state index contributed by atoms with van der Waals surface area (Å²) in [6.07, 6.45) is 4.29. The Balaban J connectivity index is 1.89. The fourth-order valence-electron chi connectivity index (χ4n) is 3.81. The van der Waals surface area contributed by atoms with E-state index in [0.29, 0.717) is 0 Å². The third-order valence-corrected chi connectivity index (χ3v) is 4.93. The predicted molar refractivity (Wildman–Crippen MR) is 106 cm³/mol. The summed E-state index contributed by atoms with van der Waals surface area (Å²) in [4.78, 5) is 3.57. The van der Waals surface area contributed by atoms with Gasteiger partial charge < -0.3 is 9.55 Å². The Labute approximate surface area is 146 Å². The van der Waals surface area contributed by atoms with E-state index in [9.17, 15) is 0 Å². The van der Waals surface area contributed by atoms with Crippen LogP contribution >= 0.6 is 0 Å². The molecular weight excluding hydrogens is 304 g/mol. The van der Waals surface area contributed by atoms with E-state index in [4.69, 9.17) is 0 Å². The summed E-state index contributed by atoms with van der Waals surface area (Å²) in [5, 5.41) is 5.07. The predicted octanol–water partition coefficient (Wildman–Crippen LogP) is 5.30. The second kappa shape index (κ2) is 5.38. The highest BCUT2D eigenvalue weighted by molar-refractivity contribution is 6.14. The highest BCUT2D eigenvalue weighted by atomic mass is 15.0. The Morgan fingerprint density at radius 2 is 1.68 bits per heavy atom. The molecule has 2 heteroatoms. The minimum Gasteiger partial charge on any atom is -0.355 e. The van der Waals surface area contributed by atoms with Crippen molar-refractivity contribution in [2.24, 2.45) is 0 Å². The number of rotatable bonds is 2. The molecule has 0 aliphatic carbocycles. The van der Waals surface area contributed by atoms with Gasteiger partial charge >= 0.3 is 0 Å². The minimum absolute atomic E-state index is 1.18. The van der Waals surface area contributed by atoms with E-state index in [1.165, 1.54) is 44.0 Å². The summed E-state index contributed by atoms with van der Waals surface area (Å²) in [6.45, 7) is 2.09. The molecule has 0 unspecified atom stereocenters. The lowest BCUT2D eigenvalue weighted by molar-refractivity contribution is 1.09. The van der Waals surface area contributed by atoms with E-state index >= 15 is 0 Å². The Bertz CT molecular complexity index is 1240. The van der Waals surface area contributed by atoms with Gasteiger partial charge in [-0.3, -0.25) is 0 Å². The molecule has 0 aliphatic rings. The first kappa shape index (κ1) is 14.1. The van der Waals surface area contributed by atoms with Crippen molar-refractivity contribution in [2.45, 2.75) is 6.92 Å². The van der Waals surface area contributed by atoms with E-state index in [2.05, 4.69) is 102 Å². The quantitative estimate of drug-likeness (QED) is 0.455. The highest BCUT2D eigenvalue weighted by Gasteiger charge is 2.14. The first-order valence-corrected chi connectivity index (χ1v) is 8.59. The molecule has 5 rings (SSSR count). The lowest BCUT2D eigenvalue weighted by Gasteiger charge is -2.11. The van der Waals surface area contributed by atoms with Gasteiger partial charge in [-0.05, 0) is 42.6 Å². The maximum atomic E-state index is 3.57. The van der Waals surface area contributed by atoms with Crippen LogP contribution in [0.3, 0.4) is 0 Å². The summed E-state index contributed by atoms with van der Waals surface area (Å²) in [6, 6.07) is 25.7. The van der Waals surface area contributed by atoms with Crippen LogP contribution in [0.4, 0.5) is 0 Å². The second-order valence-corrected chi connectivity index (χ2v) is 6.32. The van der Waals surface area contributed by atoms with Crippen molar-refractivity contribution in [3.05, 3.63) is 84.3 Å². The first-order valence-electron chi connectivity index (χ1n) is 8.59. The van der Waals surface area contributed by atoms with Crippen molar-refractivity contribution in [2.75, 3.05) is 0 Å². The number of aromatic nitrogens is 2. The number of nitrogens with one attached hydrogen (secondary N) is 1. The molecule has 0 aliphatic heterocycles. The standard InChI is InChI=1S/C23H18N2/c1-2-19-23-18(14-13-16-8-6-11-20(24-19)22(16)23)21-12-7-15-25(21)17-9-4-3-5-10-17/h2-15,24H,1H3/b19-2+. The fourth-order valence-corrected chi connectivity index (χ4v) is 3.81. The molecule has 120 valence electrons. The largest absolute Gasteiger partial charge is 0.355 e. The molecule has 2 nitrogen and oxygen atoms in total. The molecule has 25 heavy (non-hydrogen) atoms. The molecule has 1 N–H and O–H groups in total. The Morgan fingerprint density at radius 1 is 0.800 bits per heavy atom. The number of aromatic amines is 1. The number of nitrogens with zero attached hydrogens (tertiary/aromatic N) is 1. The fraction of sp³-hybridized carbons (Fsp3) is 0.0435. The summed E-state index contributed by atoms with van der Waals surface area (Å²) >= 11 is 0. The Kier molecular flexibility index (Phi) is 3.04. The molecule has 0 amide bonds. The van der Waals surface area contributed by atoms with E-state index in [0.717, 1.165) is 0 Å². The highest BCUT2D eigenvalue weighted by Crippen LogP contribution is 2.33. The molecule has 0 atom stereocenters. The second-order valence-electron chi connectivity index (χ2n) is 6.32. The van der Waals surface area contributed by atoms with Crippen LogP contribution in [-0.4, -0.2) is 9.55 Å². The SMILES string of the molecule is C/C=c1/[nH]c2cccc3ccc(-c4cccn4-c4ccccc4)c1c32. The van der Waals surface area contributed by atoms with Crippen LogP contribution in [0.5, 0.6) is 0 Å². The summed E-state index contributed by atoms with van der Waals surface area (Å²) in [5.41, 5.74) is 4.84. The molecule has 2 aromatic heterocycles. The minimum atomic E-state index is 1.18. The van der Waals surface area contributed by atoms with Gasteiger partial charge in [0.1, 0.15) is 0 Å². The summed E-state index contributed by atoms with van der Waals surface area (Å²) in [5.74, 6) is 0. The molecular formula is C23H18N2. The van der Waals surface area contributed by atoms with Crippen molar-refractivity contribution in [3.63, 3.8) is 0 Å². The van der Waals surface area contributed by atoms with Gasteiger partial charge in [-0.1, -0.05) is 48.5 Å². The van der Waals surface area contributed by atoms with Crippen LogP contribution in [-0.2, 0) is 0 Å². The van der Waals surface area contributed by atoms with Gasteiger partial charge in [0.2, 0.25) is 0 Å². The first-order chi connectivity index (χ1) is 12.4. The Hall–Kier alpha value is -3.26. The van der Waals surface area contributed by atoms with E-state index < -0.39 is 0 Å². The molecule has 3 aromatic carbocycles. The zero-order chi connectivity index (χ0) is 16.8. The number of benzene rings is 3. The van der Waals surface area contributed by atoms with Crippen LogP contribution in [0.25, 0.3) is 44.7 Å². The Morgan fingerprint density at radius 3 is 2.52 bits per heavy atom. The maximum Gasteiger partial charge on any atom is 0.0535 e. The topological polar surface area (TPSA) is 20.7 Å². The number of hydrogen-bond acceptors (Lipinski definition) is 0. The van der Waals surface area contributed by atoms with Crippen molar-refractivity contribution in [3.8, 4) is 16.9 Å². The monoisotopic (exact) mass is 322 g/mol. The molecule has 0 fully saturated rings. The van der Waals surface area contributed by atoms with Gasteiger partial charge in [0, 0.05) is 39.1 Å². The van der Waals surface area contributed by atoms with Gasteiger partial charge in [0.25, 0.3) is 0 Å². The van der Waals surface area contributed by atoms with Crippen LogP contribution in [0.2, 0.25) is 0 Å². The lowest BCUT2D eigenvalue weighted by Crippen LogP contribution is -2.03. The number of hydrogen-bond donors (Lipinski definition) is 1. The van der Waals surface area contributed by atoms with Gasteiger partial charge in [-0.15, -0.1) is 0 Å². The lowest BCUT2D eigenvalue weighted by atomic mass is 10.00. The molecule has 5 aromatic rings. The average molecular weight is 322 g/mol. The molecule has 0 saturated heterocycles. The van der Waals surface area contributed by atoms with Gasteiger partial charge in [0.05, 0.1) is 5.69 Å². The number of para-hydroxylation sites is 1. The summed E-state index contributed by atoms with van der Waals surface area (Å²) in [7, 11) is 0. The summed E-state index contributed by atoms with van der Waals surface area (Å²) < 4.78 is 2.26. The maximum absolute atomic E-state index is 3.57. The van der Waals surface area contributed by atoms with Crippen LogP contribution < -0.4 is 5.35 Å². The van der Waals surface area contributed by atoms with Gasteiger partial charge in [-0.25, -0.2) is 0 Å². The third-order valence-electron chi connectivity index (χ3n) is 4.93. The molecule has 0 radical (unpaired) electrons. The van der Waals surface area contributed by atoms with Crippen LogP contribution in [0.1, 0.15) is 6.92 Å². The molecule has 0 saturated carbocycles. The number of H-pyrrole nitrogens is 1. The van der Waals surface area contributed by atoms with Gasteiger partial charge in [-0.2, -0.15) is 0 Å². The zero-order valence-corrected chi connectivity index (χ0v) is 14.0. The van der Waals surface area contributed by atoms with E-state index in [1.54, 1.807) is 0 Å². The molecule has 0 spiro atoms. The van der Waals surface area contributed by atoms with E-state index in [1.807, 2.05) is 0 Å². The average Bonchev–Trinajstić information content (AvgIpc) is 3.29. The zero-order valence-electron chi connectivity index (χ0n) is 14.0. The van der Waals surface area contributed by atoms with Crippen molar-refractivity contribution >= 4 is 27.8 Å². The van der Waals surface area contributed by atoms with Crippen molar-refractivity contribution < 1.29 is 0 Å². The molecule has 2 heterocycles. The van der Waals surface area contributed by atoms with Crippen molar-refractivity contribution in [1.82, 2.24) is 9.55 Å². The van der Waals surface area contributed by atoms with E-state index in [-0.39, 0.29) is 0 Å². The third kappa shape index (κ3) is 2.04. The normalized spacial score (nSPS) is 12.4. The van der Waals surface area contributed by atoms with Gasteiger partial charge in [0.15, 0.2) is 0 Å². The van der Waals surface area contributed by atoms with Crippen molar-refractivity contribution in [1.29, 1.82) is 0 Å². The smallest absolute Gasteiger partial charge is 0.0535 e. The molecule has 0 bridgehead atoms.